The van der Waals surface area contributed by atoms with Crippen molar-refractivity contribution in [3.8, 4) is 0 Å². The Bertz CT molecular complexity index is 474. The molecule has 0 bridgehead atoms. The summed E-state index contributed by atoms with van der Waals surface area (Å²) < 4.78 is 1.06. The number of carbonyl (C=O) groups excluding carboxylic acids is 1. The number of carbonyl (C=O) groups is 1. The summed E-state index contributed by atoms with van der Waals surface area (Å²) in [5.41, 5.74) is 1.10. The van der Waals surface area contributed by atoms with Crippen molar-refractivity contribution in [3.05, 3.63) is 34.3 Å². The number of amides is 1. The number of nitrogens with zero attached hydrogens (tertiary/aromatic N) is 2. The highest BCUT2D eigenvalue weighted by atomic mass is 79.9. The molecule has 114 valence electrons. The number of piperidine rings is 1. The Morgan fingerprint density at radius 1 is 1.05 bits per heavy atom. The molecule has 1 aromatic rings. The first-order valence-electron chi connectivity index (χ1n) is 7.98. The van der Waals surface area contributed by atoms with E-state index in [0.29, 0.717) is 12.5 Å². The summed E-state index contributed by atoms with van der Waals surface area (Å²) in [7, 11) is 0. The number of hydrogen-bond donors (Lipinski definition) is 0. The van der Waals surface area contributed by atoms with Crippen molar-refractivity contribution in [1.82, 2.24) is 9.80 Å². The second-order valence-corrected chi connectivity index (χ2v) is 7.07. The number of rotatable bonds is 3. The molecule has 2 fully saturated rings. The van der Waals surface area contributed by atoms with Crippen molar-refractivity contribution in [2.45, 2.75) is 38.1 Å². The molecular weight excluding hydrogens is 328 g/mol. The molecule has 0 atom stereocenters. The number of hydrogen-bond acceptors (Lipinski definition) is 2. The van der Waals surface area contributed by atoms with Crippen LogP contribution in [0.4, 0.5) is 0 Å². The first-order valence-corrected chi connectivity index (χ1v) is 8.78. The molecule has 2 saturated heterocycles. The summed E-state index contributed by atoms with van der Waals surface area (Å²) in [4.78, 5) is 17.1. The fraction of sp³-hybridized carbons (Fsp3) is 0.588. The highest BCUT2D eigenvalue weighted by Gasteiger charge is 2.28. The van der Waals surface area contributed by atoms with Crippen molar-refractivity contribution in [3.63, 3.8) is 0 Å². The Morgan fingerprint density at radius 3 is 2.29 bits per heavy atom. The molecule has 1 aromatic carbocycles. The van der Waals surface area contributed by atoms with Gasteiger partial charge in [0, 0.05) is 23.6 Å². The van der Waals surface area contributed by atoms with Gasteiger partial charge in [-0.2, -0.15) is 0 Å². The van der Waals surface area contributed by atoms with Crippen LogP contribution < -0.4 is 0 Å². The quantitative estimate of drug-likeness (QED) is 0.836. The van der Waals surface area contributed by atoms with Crippen molar-refractivity contribution >= 4 is 21.8 Å². The van der Waals surface area contributed by atoms with Crippen LogP contribution in [0, 0.1) is 0 Å². The van der Waals surface area contributed by atoms with E-state index >= 15 is 0 Å². The van der Waals surface area contributed by atoms with E-state index in [4.69, 9.17) is 0 Å². The van der Waals surface area contributed by atoms with Gasteiger partial charge in [-0.1, -0.05) is 28.1 Å². The van der Waals surface area contributed by atoms with E-state index in [0.717, 1.165) is 36.0 Å². The van der Waals surface area contributed by atoms with E-state index in [9.17, 15) is 4.79 Å². The van der Waals surface area contributed by atoms with Gasteiger partial charge in [-0.15, -0.1) is 0 Å². The Labute approximate surface area is 135 Å². The predicted molar refractivity (Wildman–Crippen MR) is 88.3 cm³/mol. The van der Waals surface area contributed by atoms with Gasteiger partial charge in [-0.25, -0.2) is 0 Å². The minimum atomic E-state index is 0.275. The van der Waals surface area contributed by atoms with Gasteiger partial charge < -0.3 is 9.80 Å². The first kappa shape index (κ1) is 15.0. The van der Waals surface area contributed by atoms with Gasteiger partial charge in [0.1, 0.15) is 0 Å². The van der Waals surface area contributed by atoms with Gasteiger partial charge in [0.2, 0.25) is 5.91 Å². The maximum atomic E-state index is 12.4. The average Bonchev–Trinajstić information content (AvgIpc) is 3.04. The van der Waals surface area contributed by atoms with Crippen LogP contribution >= 0.6 is 15.9 Å². The standard InChI is InChI=1S/C17H23BrN2O/c18-15-5-3-14(4-6-15)13-17(21)20-11-7-16(8-12-20)19-9-1-2-10-19/h3-6,16H,1-2,7-13H2. The largest absolute Gasteiger partial charge is 0.342 e. The SMILES string of the molecule is O=C(Cc1ccc(Br)cc1)N1CCC(N2CCCC2)CC1. The molecule has 3 nitrogen and oxygen atoms in total. The monoisotopic (exact) mass is 350 g/mol. The summed E-state index contributed by atoms with van der Waals surface area (Å²) in [5, 5.41) is 0. The Kier molecular flexibility index (Phi) is 4.96. The summed E-state index contributed by atoms with van der Waals surface area (Å²) >= 11 is 3.43. The van der Waals surface area contributed by atoms with E-state index < -0.39 is 0 Å². The molecule has 2 aliphatic rings. The van der Waals surface area contributed by atoms with Gasteiger partial charge >= 0.3 is 0 Å². The highest BCUT2D eigenvalue weighted by molar-refractivity contribution is 9.10. The van der Waals surface area contributed by atoms with Crippen LogP contribution in [-0.2, 0) is 11.2 Å². The van der Waals surface area contributed by atoms with Gasteiger partial charge in [0.25, 0.3) is 0 Å². The predicted octanol–water partition coefficient (Wildman–Crippen LogP) is 3.08. The Hall–Kier alpha value is -0.870. The molecule has 1 amide bonds. The topological polar surface area (TPSA) is 23.6 Å². The zero-order valence-electron chi connectivity index (χ0n) is 12.4. The Morgan fingerprint density at radius 2 is 1.67 bits per heavy atom. The van der Waals surface area contributed by atoms with Crippen LogP contribution in [0.1, 0.15) is 31.2 Å². The van der Waals surface area contributed by atoms with E-state index in [1.165, 1.54) is 25.9 Å². The lowest BCUT2D eigenvalue weighted by atomic mass is 10.0. The van der Waals surface area contributed by atoms with Gasteiger partial charge in [0.15, 0.2) is 0 Å². The number of halogens is 1. The van der Waals surface area contributed by atoms with Crippen LogP contribution in [0.25, 0.3) is 0 Å². The molecule has 0 aromatic heterocycles. The second kappa shape index (κ2) is 6.93. The lowest BCUT2D eigenvalue weighted by Crippen LogP contribution is -2.46. The lowest BCUT2D eigenvalue weighted by Gasteiger charge is -2.36. The van der Waals surface area contributed by atoms with E-state index in [1.807, 2.05) is 24.3 Å². The van der Waals surface area contributed by atoms with Crippen LogP contribution in [0.2, 0.25) is 0 Å². The van der Waals surface area contributed by atoms with Crippen LogP contribution in [0.15, 0.2) is 28.7 Å². The zero-order valence-corrected chi connectivity index (χ0v) is 14.0. The molecule has 0 spiro atoms. The molecule has 0 N–H and O–H groups in total. The summed E-state index contributed by atoms with van der Waals surface area (Å²) in [6, 6.07) is 8.77. The summed E-state index contributed by atoms with van der Waals surface area (Å²) in [6.07, 6.45) is 5.52. The molecule has 0 saturated carbocycles. The third kappa shape index (κ3) is 3.86. The summed E-state index contributed by atoms with van der Waals surface area (Å²) in [6.45, 7) is 4.38. The van der Waals surface area contributed by atoms with Crippen LogP contribution in [0.5, 0.6) is 0 Å². The van der Waals surface area contributed by atoms with Gasteiger partial charge in [0.05, 0.1) is 6.42 Å². The number of likely N-dealkylation sites (tertiary alicyclic amines) is 2. The molecule has 0 unspecified atom stereocenters. The molecular formula is C17H23BrN2O. The smallest absolute Gasteiger partial charge is 0.226 e. The molecule has 2 heterocycles. The zero-order chi connectivity index (χ0) is 14.7. The fourth-order valence-electron chi connectivity index (χ4n) is 3.48. The van der Waals surface area contributed by atoms with E-state index in [-0.39, 0.29) is 5.91 Å². The third-order valence-corrected chi connectivity index (χ3v) is 5.27. The highest BCUT2D eigenvalue weighted by Crippen LogP contribution is 2.21. The fourth-order valence-corrected chi connectivity index (χ4v) is 3.74. The van der Waals surface area contributed by atoms with Crippen molar-refractivity contribution in [1.29, 1.82) is 0 Å². The van der Waals surface area contributed by atoms with Gasteiger partial charge in [-0.3, -0.25) is 4.79 Å². The third-order valence-electron chi connectivity index (χ3n) is 4.74. The van der Waals surface area contributed by atoms with Crippen LogP contribution in [0.3, 0.4) is 0 Å². The molecule has 2 aliphatic heterocycles. The average molecular weight is 351 g/mol. The van der Waals surface area contributed by atoms with E-state index in [1.54, 1.807) is 0 Å². The van der Waals surface area contributed by atoms with Crippen molar-refractivity contribution in [2.24, 2.45) is 0 Å². The van der Waals surface area contributed by atoms with Gasteiger partial charge in [-0.05, 0) is 56.5 Å². The van der Waals surface area contributed by atoms with E-state index in [2.05, 4.69) is 25.7 Å². The van der Waals surface area contributed by atoms with Crippen molar-refractivity contribution < 1.29 is 4.79 Å². The summed E-state index contributed by atoms with van der Waals surface area (Å²) in [5.74, 6) is 0.275. The molecule has 0 aliphatic carbocycles. The molecule has 21 heavy (non-hydrogen) atoms. The second-order valence-electron chi connectivity index (χ2n) is 6.16. The van der Waals surface area contributed by atoms with Crippen LogP contribution in [-0.4, -0.2) is 47.9 Å². The lowest BCUT2D eigenvalue weighted by molar-refractivity contribution is -0.132. The minimum absolute atomic E-state index is 0.275. The first-order chi connectivity index (χ1) is 10.2. The molecule has 4 heteroatoms. The van der Waals surface area contributed by atoms with Crippen molar-refractivity contribution in [2.75, 3.05) is 26.2 Å². The molecule has 3 rings (SSSR count). The molecule has 0 radical (unpaired) electrons. The maximum Gasteiger partial charge on any atom is 0.226 e. The number of benzene rings is 1. The normalized spacial score (nSPS) is 20.9. The Balaban J connectivity index is 1.49. The maximum absolute atomic E-state index is 12.4. The minimum Gasteiger partial charge on any atom is -0.342 e.